The van der Waals surface area contributed by atoms with Crippen LogP contribution in [-0.4, -0.2) is 41.2 Å². The summed E-state index contributed by atoms with van der Waals surface area (Å²) < 4.78 is 0. The normalized spacial score (nSPS) is 18.1. The fourth-order valence-corrected chi connectivity index (χ4v) is 3.56. The molecule has 1 aromatic heterocycles. The fraction of sp³-hybridized carbons (Fsp3) is 0.400. The Hall–Kier alpha value is -1.43. The molecule has 0 bridgehead atoms. The van der Waals surface area contributed by atoms with Gasteiger partial charge in [-0.25, -0.2) is 4.98 Å². The molecule has 0 aliphatic carbocycles. The van der Waals surface area contributed by atoms with Crippen LogP contribution < -0.4 is 5.32 Å². The van der Waals surface area contributed by atoms with Gasteiger partial charge in [-0.3, -0.25) is 4.90 Å². The van der Waals surface area contributed by atoms with Crippen molar-refractivity contribution < 1.29 is 5.11 Å². The number of nitrogens with one attached hydrogen (secondary N) is 1. The van der Waals surface area contributed by atoms with Crippen molar-refractivity contribution in [3.8, 4) is 5.75 Å². The summed E-state index contributed by atoms with van der Waals surface area (Å²) in [6.07, 6.45) is 0. The van der Waals surface area contributed by atoms with Crippen LogP contribution in [0.4, 0.5) is 0 Å². The van der Waals surface area contributed by atoms with Crippen molar-refractivity contribution in [3.05, 3.63) is 45.9 Å². The number of aromatic nitrogens is 1. The molecule has 4 nitrogen and oxygen atoms in total. The lowest BCUT2D eigenvalue weighted by atomic mass is 10.0. The van der Waals surface area contributed by atoms with Crippen LogP contribution in [0.5, 0.6) is 5.75 Å². The minimum atomic E-state index is 0.191. The van der Waals surface area contributed by atoms with Gasteiger partial charge in [-0.2, -0.15) is 0 Å². The number of rotatable bonds is 3. The van der Waals surface area contributed by atoms with Crippen molar-refractivity contribution in [2.75, 3.05) is 26.2 Å². The van der Waals surface area contributed by atoms with Gasteiger partial charge in [-0.1, -0.05) is 12.1 Å². The zero-order chi connectivity index (χ0) is 13.9. The van der Waals surface area contributed by atoms with Crippen molar-refractivity contribution in [2.24, 2.45) is 0 Å². The molecule has 1 aliphatic rings. The molecule has 1 fully saturated rings. The Balaban J connectivity index is 1.95. The maximum absolute atomic E-state index is 9.49. The summed E-state index contributed by atoms with van der Waals surface area (Å²) in [5, 5.41) is 16.1. The number of piperazine rings is 1. The number of aromatic hydroxyl groups is 1. The summed E-state index contributed by atoms with van der Waals surface area (Å²) in [7, 11) is 0. The number of hydrogen-bond acceptors (Lipinski definition) is 5. The van der Waals surface area contributed by atoms with E-state index in [1.807, 2.05) is 19.1 Å². The van der Waals surface area contributed by atoms with Crippen LogP contribution in [0.3, 0.4) is 0 Å². The average Bonchev–Trinajstić information content (AvgIpc) is 2.89. The minimum Gasteiger partial charge on any atom is -0.508 e. The van der Waals surface area contributed by atoms with E-state index >= 15 is 0 Å². The Kier molecular flexibility index (Phi) is 4.00. The molecule has 5 heteroatoms. The summed E-state index contributed by atoms with van der Waals surface area (Å²) in [5.41, 5.74) is 2.27. The van der Waals surface area contributed by atoms with Crippen LogP contribution in [0.1, 0.15) is 22.3 Å². The number of nitrogens with zero attached hydrogens (tertiary/aromatic N) is 2. The number of phenolic OH excluding ortho intramolecular Hbond substituents is 1. The molecule has 2 N–H and O–H groups in total. The van der Waals surface area contributed by atoms with Gasteiger partial charge < -0.3 is 10.4 Å². The molecule has 1 aromatic carbocycles. The van der Waals surface area contributed by atoms with E-state index in [0.717, 1.165) is 36.9 Å². The van der Waals surface area contributed by atoms with Gasteiger partial charge in [0, 0.05) is 37.3 Å². The molecule has 3 rings (SSSR count). The Labute approximate surface area is 123 Å². The summed E-state index contributed by atoms with van der Waals surface area (Å²) in [4.78, 5) is 7.14. The van der Waals surface area contributed by atoms with Crippen molar-refractivity contribution in [3.63, 3.8) is 0 Å². The molecule has 20 heavy (non-hydrogen) atoms. The molecule has 1 aliphatic heterocycles. The third-order valence-corrected chi connectivity index (χ3v) is 4.61. The van der Waals surface area contributed by atoms with Crippen molar-refractivity contribution in [1.82, 2.24) is 15.2 Å². The largest absolute Gasteiger partial charge is 0.508 e. The van der Waals surface area contributed by atoms with Crippen LogP contribution in [0.2, 0.25) is 0 Å². The second kappa shape index (κ2) is 5.91. The fourth-order valence-electron chi connectivity index (χ4n) is 2.60. The lowest BCUT2D eigenvalue weighted by Crippen LogP contribution is -2.45. The van der Waals surface area contributed by atoms with Gasteiger partial charge >= 0.3 is 0 Å². The average molecular weight is 289 g/mol. The molecule has 2 aromatic rings. The van der Waals surface area contributed by atoms with Crippen LogP contribution in [0, 0.1) is 6.92 Å². The van der Waals surface area contributed by atoms with E-state index in [-0.39, 0.29) is 6.04 Å². The summed E-state index contributed by atoms with van der Waals surface area (Å²) in [6, 6.07) is 7.70. The van der Waals surface area contributed by atoms with Gasteiger partial charge in [0.15, 0.2) is 0 Å². The van der Waals surface area contributed by atoms with Gasteiger partial charge in [0.05, 0.1) is 6.04 Å². The summed E-state index contributed by atoms with van der Waals surface area (Å²) >= 11 is 1.71. The maximum Gasteiger partial charge on any atom is 0.115 e. The number of phenols is 1. The first-order valence-electron chi connectivity index (χ1n) is 6.90. The molecule has 1 atom stereocenters. The zero-order valence-electron chi connectivity index (χ0n) is 11.5. The Morgan fingerprint density at radius 3 is 2.55 bits per heavy atom. The van der Waals surface area contributed by atoms with Crippen molar-refractivity contribution >= 4 is 11.3 Å². The third kappa shape index (κ3) is 2.85. The minimum absolute atomic E-state index is 0.191. The van der Waals surface area contributed by atoms with Gasteiger partial charge in [0.2, 0.25) is 0 Å². The standard InChI is InChI=1S/C15H19N3OS/c1-11-10-20-15(17-11)14(18-8-6-16-7-9-18)12-2-4-13(19)5-3-12/h2-5,10,14,16,19H,6-9H2,1H3. The monoisotopic (exact) mass is 289 g/mol. The Morgan fingerprint density at radius 2 is 1.95 bits per heavy atom. The molecule has 1 saturated heterocycles. The highest BCUT2D eigenvalue weighted by Crippen LogP contribution is 2.31. The highest BCUT2D eigenvalue weighted by molar-refractivity contribution is 7.09. The lowest BCUT2D eigenvalue weighted by molar-refractivity contribution is 0.198. The summed E-state index contributed by atoms with van der Waals surface area (Å²) in [5.74, 6) is 0.308. The zero-order valence-corrected chi connectivity index (χ0v) is 12.4. The van der Waals surface area contributed by atoms with E-state index in [9.17, 15) is 5.11 Å². The number of aryl methyl sites for hydroxylation is 1. The van der Waals surface area contributed by atoms with Crippen LogP contribution >= 0.6 is 11.3 Å². The SMILES string of the molecule is Cc1csc(C(c2ccc(O)cc2)N2CCNCC2)n1. The first-order valence-corrected chi connectivity index (χ1v) is 7.78. The van der Waals surface area contributed by atoms with Crippen LogP contribution in [0.25, 0.3) is 0 Å². The predicted octanol–water partition coefficient (Wildman–Crippen LogP) is 2.15. The van der Waals surface area contributed by atoms with Gasteiger partial charge in [-0.05, 0) is 24.6 Å². The van der Waals surface area contributed by atoms with E-state index in [1.165, 1.54) is 5.56 Å². The van der Waals surface area contributed by atoms with Crippen LogP contribution in [0.15, 0.2) is 29.6 Å². The van der Waals surface area contributed by atoms with E-state index < -0.39 is 0 Å². The second-order valence-electron chi connectivity index (χ2n) is 5.11. The Bertz CT molecular complexity index is 561. The van der Waals surface area contributed by atoms with E-state index in [0.29, 0.717) is 5.75 Å². The van der Waals surface area contributed by atoms with Gasteiger partial charge in [0.25, 0.3) is 0 Å². The molecule has 0 amide bonds. The highest BCUT2D eigenvalue weighted by Gasteiger charge is 2.26. The van der Waals surface area contributed by atoms with Crippen LogP contribution in [-0.2, 0) is 0 Å². The molecule has 0 radical (unpaired) electrons. The first-order chi connectivity index (χ1) is 9.74. The lowest BCUT2D eigenvalue weighted by Gasteiger charge is -2.34. The third-order valence-electron chi connectivity index (χ3n) is 3.60. The molecule has 106 valence electrons. The number of benzene rings is 1. The van der Waals surface area contributed by atoms with E-state index in [2.05, 4.69) is 20.6 Å². The van der Waals surface area contributed by atoms with E-state index in [4.69, 9.17) is 0 Å². The van der Waals surface area contributed by atoms with E-state index in [1.54, 1.807) is 23.5 Å². The maximum atomic E-state index is 9.49. The molecule has 0 saturated carbocycles. The molecular weight excluding hydrogens is 270 g/mol. The summed E-state index contributed by atoms with van der Waals surface area (Å²) in [6.45, 7) is 6.10. The molecule has 1 unspecified atom stereocenters. The first kappa shape index (κ1) is 13.5. The highest BCUT2D eigenvalue weighted by atomic mass is 32.1. The molecule has 2 heterocycles. The molecule has 0 spiro atoms. The van der Waals surface area contributed by atoms with Crippen molar-refractivity contribution in [1.29, 1.82) is 0 Å². The number of thiazole rings is 1. The Morgan fingerprint density at radius 1 is 1.25 bits per heavy atom. The molecular formula is C15H19N3OS. The van der Waals surface area contributed by atoms with Gasteiger partial charge in [-0.15, -0.1) is 11.3 Å². The smallest absolute Gasteiger partial charge is 0.115 e. The second-order valence-corrected chi connectivity index (χ2v) is 6.00. The van der Waals surface area contributed by atoms with Gasteiger partial charge in [0.1, 0.15) is 10.8 Å². The van der Waals surface area contributed by atoms with Crippen molar-refractivity contribution in [2.45, 2.75) is 13.0 Å². The predicted molar refractivity (Wildman–Crippen MR) is 81.2 cm³/mol. The number of hydrogen-bond donors (Lipinski definition) is 2. The quantitative estimate of drug-likeness (QED) is 0.909. The topological polar surface area (TPSA) is 48.4 Å².